The molecule has 1 aromatic carbocycles. The lowest BCUT2D eigenvalue weighted by molar-refractivity contribution is 0.146. The molecule has 0 amide bonds. The van der Waals surface area contributed by atoms with Gasteiger partial charge in [-0.2, -0.15) is 5.26 Å². The van der Waals surface area contributed by atoms with Gasteiger partial charge < -0.3 is 4.84 Å². The quantitative estimate of drug-likeness (QED) is 0.356. The van der Waals surface area contributed by atoms with E-state index in [0.29, 0.717) is 12.3 Å². The number of nitriles is 1. The highest BCUT2D eigenvalue weighted by atomic mass is 79.9. The molecule has 0 unspecified atom stereocenters. The normalized spacial score (nSPS) is 10.8. The first-order chi connectivity index (χ1) is 7.38. The second-order valence-electron chi connectivity index (χ2n) is 2.79. The van der Waals surface area contributed by atoms with E-state index in [1.807, 2.05) is 36.4 Å². The molecule has 4 heteroatoms. The number of hydrogen-bond donors (Lipinski definition) is 0. The van der Waals surface area contributed by atoms with E-state index >= 15 is 0 Å². The number of oxime groups is 1. The number of hydrogen-bond acceptors (Lipinski definition) is 3. The first kappa shape index (κ1) is 11.7. The Labute approximate surface area is 97.5 Å². The van der Waals surface area contributed by atoms with Gasteiger partial charge in [0, 0.05) is 10.9 Å². The molecule has 0 aromatic heterocycles. The minimum atomic E-state index is 0.310. The van der Waals surface area contributed by atoms with Crippen molar-refractivity contribution >= 4 is 21.6 Å². The topological polar surface area (TPSA) is 45.4 Å². The van der Waals surface area contributed by atoms with Crippen molar-refractivity contribution in [1.29, 1.82) is 5.26 Å². The largest absolute Gasteiger partial charge is 0.395 e. The Morgan fingerprint density at radius 3 is 2.73 bits per heavy atom. The fraction of sp³-hybridized carbons (Fsp3) is 0.273. The van der Waals surface area contributed by atoms with Gasteiger partial charge in [0.15, 0.2) is 5.71 Å². The lowest BCUT2D eigenvalue weighted by atomic mass is 10.1. The van der Waals surface area contributed by atoms with Gasteiger partial charge in [0.1, 0.15) is 12.7 Å². The molecular weight excluding hydrogens is 256 g/mol. The van der Waals surface area contributed by atoms with Crippen molar-refractivity contribution in [2.45, 2.75) is 6.42 Å². The van der Waals surface area contributed by atoms with Crippen LogP contribution in [0, 0.1) is 11.3 Å². The Morgan fingerprint density at radius 1 is 1.40 bits per heavy atom. The zero-order chi connectivity index (χ0) is 10.9. The summed E-state index contributed by atoms with van der Waals surface area (Å²) in [5.41, 5.74) is 1.09. The summed E-state index contributed by atoms with van der Waals surface area (Å²) in [4.78, 5) is 5.02. The Kier molecular flexibility index (Phi) is 5.49. The van der Waals surface area contributed by atoms with E-state index in [1.54, 1.807) is 0 Å². The molecule has 0 atom stereocenters. The maximum atomic E-state index is 8.87. The Balaban J connectivity index is 2.61. The molecule has 1 rings (SSSR count). The first-order valence-corrected chi connectivity index (χ1v) is 5.72. The van der Waals surface area contributed by atoms with Gasteiger partial charge in [-0.25, -0.2) is 0 Å². The summed E-state index contributed by atoms with van der Waals surface area (Å²) in [6.45, 7) is 0.517. The van der Waals surface area contributed by atoms with Crippen LogP contribution in [0.3, 0.4) is 0 Å². The van der Waals surface area contributed by atoms with Gasteiger partial charge >= 0.3 is 0 Å². The lowest BCUT2D eigenvalue weighted by Gasteiger charge is -1.98. The van der Waals surface area contributed by atoms with Gasteiger partial charge in [-0.1, -0.05) is 51.4 Å². The summed E-state index contributed by atoms with van der Waals surface area (Å²) in [6, 6.07) is 11.3. The average molecular weight is 267 g/mol. The van der Waals surface area contributed by atoms with Crippen molar-refractivity contribution in [2.24, 2.45) is 5.16 Å². The van der Waals surface area contributed by atoms with Crippen LogP contribution in [-0.2, 0) is 4.84 Å². The van der Waals surface area contributed by atoms with Gasteiger partial charge in [-0.3, -0.25) is 0 Å². The highest BCUT2D eigenvalue weighted by Gasteiger charge is 2.01. The molecule has 0 fully saturated rings. The Morgan fingerprint density at radius 2 is 2.13 bits per heavy atom. The summed E-state index contributed by atoms with van der Waals surface area (Å²) < 4.78 is 0. The SMILES string of the molecule is N#CC(=NOCCCBr)c1ccccc1. The molecule has 0 aliphatic rings. The zero-order valence-corrected chi connectivity index (χ0v) is 9.77. The van der Waals surface area contributed by atoms with Gasteiger partial charge in [0.2, 0.25) is 0 Å². The third kappa shape index (κ3) is 4.13. The molecule has 0 radical (unpaired) electrons. The van der Waals surface area contributed by atoms with Crippen molar-refractivity contribution in [3.63, 3.8) is 0 Å². The van der Waals surface area contributed by atoms with Crippen molar-refractivity contribution < 1.29 is 4.84 Å². The Bertz CT molecular complexity index is 357. The molecule has 0 N–H and O–H groups in total. The standard InChI is InChI=1S/C11H11BrN2O/c12-7-4-8-15-14-11(9-13)10-5-2-1-3-6-10/h1-3,5-6H,4,7-8H2. The van der Waals surface area contributed by atoms with Crippen LogP contribution < -0.4 is 0 Å². The molecule has 0 aliphatic heterocycles. The summed E-state index contributed by atoms with van der Waals surface area (Å²) in [5, 5.41) is 13.5. The van der Waals surface area contributed by atoms with Crippen molar-refractivity contribution in [3.8, 4) is 6.07 Å². The van der Waals surface area contributed by atoms with Crippen LogP contribution in [0.15, 0.2) is 35.5 Å². The smallest absolute Gasteiger partial charge is 0.186 e. The third-order valence-electron chi connectivity index (χ3n) is 1.68. The molecular formula is C11H11BrN2O. The lowest BCUT2D eigenvalue weighted by Crippen LogP contribution is -1.99. The molecule has 0 spiro atoms. The predicted molar refractivity (Wildman–Crippen MR) is 63.0 cm³/mol. The van der Waals surface area contributed by atoms with E-state index < -0.39 is 0 Å². The van der Waals surface area contributed by atoms with Gasteiger partial charge in [-0.15, -0.1) is 0 Å². The van der Waals surface area contributed by atoms with Crippen LogP contribution in [0.4, 0.5) is 0 Å². The molecule has 1 aromatic rings. The van der Waals surface area contributed by atoms with Gasteiger partial charge in [0.05, 0.1) is 0 Å². The predicted octanol–water partition coefficient (Wildman–Crippen LogP) is 2.72. The second-order valence-corrected chi connectivity index (χ2v) is 3.59. The molecule has 15 heavy (non-hydrogen) atoms. The molecule has 0 saturated carbocycles. The number of benzene rings is 1. The van der Waals surface area contributed by atoms with Crippen LogP contribution in [0.5, 0.6) is 0 Å². The minimum absolute atomic E-state index is 0.310. The third-order valence-corrected chi connectivity index (χ3v) is 2.24. The van der Waals surface area contributed by atoms with E-state index in [9.17, 15) is 0 Å². The molecule has 0 saturated heterocycles. The maximum absolute atomic E-state index is 8.87. The van der Waals surface area contributed by atoms with Crippen LogP contribution >= 0.6 is 15.9 Å². The van der Waals surface area contributed by atoms with Crippen LogP contribution in [0.25, 0.3) is 0 Å². The van der Waals surface area contributed by atoms with E-state index in [0.717, 1.165) is 17.3 Å². The average Bonchev–Trinajstić information content (AvgIpc) is 2.30. The van der Waals surface area contributed by atoms with Crippen molar-refractivity contribution in [2.75, 3.05) is 11.9 Å². The van der Waals surface area contributed by atoms with Crippen LogP contribution in [0.1, 0.15) is 12.0 Å². The fourth-order valence-corrected chi connectivity index (χ4v) is 1.19. The highest BCUT2D eigenvalue weighted by Crippen LogP contribution is 2.01. The summed E-state index contributed by atoms with van der Waals surface area (Å²) in [6.07, 6.45) is 0.872. The zero-order valence-electron chi connectivity index (χ0n) is 8.19. The summed E-state index contributed by atoms with van der Waals surface area (Å²) in [5.74, 6) is 0. The first-order valence-electron chi connectivity index (χ1n) is 4.60. The van der Waals surface area contributed by atoms with Crippen molar-refractivity contribution in [1.82, 2.24) is 0 Å². The van der Waals surface area contributed by atoms with E-state index in [-0.39, 0.29) is 0 Å². The number of nitrogens with zero attached hydrogens (tertiary/aromatic N) is 2. The molecule has 0 aliphatic carbocycles. The maximum Gasteiger partial charge on any atom is 0.186 e. The summed E-state index contributed by atoms with van der Waals surface area (Å²) >= 11 is 3.29. The van der Waals surface area contributed by atoms with Gasteiger partial charge in [-0.05, 0) is 6.42 Å². The molecule has 78 valence electrons. The monoisotopic (exact) mass is 266 g/mol. The highest BCUT2D eigenvalue weighted by molar-refractivity contribution is 9.09. The van der Waals surface area contributed by atoms with E-state index in [2.05, 4.69) is 21.1 Å². The molecule has 3 nitrogen and oxygen atoms in total. The number of alkyl halides is 1. The second kappa shape index (κ2) is 7.02. The summed E-state index contributed by atoms with van der Waals surface area (Å²) in [7, 11) is 0. The van der Waals surface area contributed by atoms with Crippen LogP contribution in [0.2, 0.25) is 0 Å². The number of halogens is 1. The van der Waals surface area contributed by atoms with Crippen molar-refractivity contribution in [3.05, 3.63) is 35.9 Å². The van der Waals surface area contributed by atoms with Gasteiger partial charge in [0.25, 0.3) is 0 Å². The number of rotatable bonds is 5. The minimum Gasteiger partial charge on any atom is -0.395 e. The van der Waals surface area contributed by atoms with E-state index in [4.69, 9.17) is 10.1 Å². The molecule has 0 heterocycles. The fourth-order valence-electron chi connectivity index (χ4n) is 0.963. The Hall–Kier alpha value is -1.34. The van der Waals surface area contributed by atoms with E-state index in [1.165, 1.54) is 0 Å². The molecule has 0 bridgehead atoms. The van der Waals surface area contributed by atoms with Crippen LogP contribution in [-0.4, -0.2) is 17.6 Å².